The molecule has 1 unspecified atom stereocenters. The van der Waals surface area contributed by atoms with Crippen molar-refractivity contribution in [3.8, 4) is 0 Å². The van der Waals surface area contributed by atoms with Crippen molar-refractivity contribution in [2.45, 2.75) is 63.2 Å². The molecule has 1 N–H and O–H groups in total. The van der Waals surface area contributed by atoms with Crippen LogP contribution in [0.2, 0.25) is 0 Å². The van der Waals surface area contributed by atoms with Crippen LogP contribution in [-0.4, -0.2) is 74.8 Å². The molecule has 1 aromatic heterocycles. The highest BCUT2D eigenvalue weighted by Gasteiger charge is 2.32. The lowest BCUT2D eigenvalue weighted by Gasteiger charge is -2.33. The third-order valence-electron chi connectivity index (χ3n) is 5.67. The van der Waals surface area contributed by atoms with Crippen molar-refractivity contribution < 1.29 is 4.79 Å². The van der Waals surface area contributed by atoms with E-state index in [1.165, 1.54) is 12.8 Å². The number of carbonyl (C=O) groups excluding carboxylic acids is 1. The predicted molar refractivity (Wildman–Crippen MR) is 90.4 cm³/mol. The van der Waals surface area contributed by atoms with Gasteiger partial charge in [-0.15, -0.1) is 0 Å². The molecule has 1 aliphatic carbocycles. The Morgan fingerprint density at radius 2 is 1.96 bits per heavy atom. The average Bonchev–Trinajstić information content (AvgIpc) is 3.14. The number of hydrogen-bond donors (Lipinski definition) is 1. The van der Waals surface area contributed by atoms with E-state index >= 15 is 0 Å². The van der Waals surface area contributed by atoms with Crippen LogP contribution >= 0.6 is 0 Å². The summed E-state index contributed by atoms with van der Waals surface area (Å²) >= 11 is 0. The first kappa shape index (κ1) is 16.0. The largest absolute Gasteiger partial charge is 0.352 e. The number of likely N-dealkylation sites (tertiary alicyclic amines) is 2. The van der Waals surface area contributed by atoms with Crippen molar-refractivity contribution in [2.75, 3.05) is 26.2 Å². The van der Waals surface area contributed by atoms with E-state index in [0.717, 1.165) is 57.9 Å². The zero-order chi connectivity index (χ0) is 16.4. The zero-order valence-electron chi connectivity index (χ0n) is 14.3. The van der Waals surface area contributed by atoms with Gasteiger partial charge in [0, 0.05) is 31.2 Å². The molecule has 2 saturated heterocycles. The minimum atomic E-state index is 0.186. The van der Waals surface area contributed by atoms with Gasteiger partial charge >= 0.3 is 0 Å². The second-order valence-corrected chi connectivity index (χ2v) is 7.49. The molecule has 4 rings (SSSR count). The van der Waals surface area contributed by atoms with Gasteiger partial charge in [0.15, 0.2) is 0 Å². The normalized spacial score (nSPS) is 26.8. The summed E-state index contributed by atoms with van der Waals surface area (Å²) in [6.07, 6.45) is 10.6. The Morgan fingerprint density at radius 1 is 1.12 bits per heavy atom. The van der Waals surface area contributed by atoms with Crippen LogP contribution in [0.3, 0.4) is 0 Å². The minimum absolute atomic E-state index is 0.186. The fraction of sp³-hybridized carbons (Fsp3) is 0.824. The SMILES string of the molecule is O=C(CN1CCCC1Cn1cncn1)NC1CCN(C2CC2)CC1. The molecular weight excluding hydrogens is 304 g/mol. The highest BCUT2D eigenvalue weighted by atomic mass is 16.2. The molecule has 1 atom stereocenters. The van der Waals surface area contributed by atoms with Gasteiger partial charge in [-0.05, 0) is 45.1 Å². The van der Waals surface area contributed by atoms with Crippen molar-refractivity contribution >= 4 is 5.91 Å². The van der Waals surface area contributed by atoms with E-state index in [4.69, 9.17) is 0 Å². The lowest BCUT2D eigenvalue weighted by atomic mass is 10.0. The Bertz CT molecular complexity index is 535. The van der Waals surface area contributed by atoms with Crippen molar-refractivity contribution in [1.29, 1.82) is 0 Å². The molecule has 7 heteroatoms. The van der Waals surface area contributed by atoms with Gasteiger partial charge in [-0.1, -0.05) is 0 Å². The van der Waals surface area contributed by atoms with E-state index < -0.39 is 0 Å². The summed E-state index contributed by atoms with van der Waals surface area (Å²) in [4.78, 5) is 21.3. The molecule has 1 amide bonds. The predicted octanol–water partition coefficient (Wildman–Crippen LogP) is 0.486. The van der Waals surface area contributed by atoms with Crippen LogP contribution in [0.4, 0.5) is 0 Å². The van der Waals surface area contributed by atoms with Crippen LogP contribution in [0.1, 0.15) is 38.5 Å². The molecule has 7 nitrogen and oxygen atoms in total. The summed E-state index contributed by atoms with van der Waals surface area (Å²) in [7, 11) is 0. The standard InChI is InChI=1S/C17H28N6O/c24-17(20-14-5-8-21(9-6-14)15-3-4-15)11-22-7-1-2-16(22)10-23-13-18-12-19-23/h12-16H,1-11H2,(H,20,24). The van der Waals surface area contributed by atoms with Gasteiger partial charge in [0.2, 0.25) is 5.91 Å². The van der Waals surface area contributed by atoms with E-state index in [1.54, 1.807) is 12.7 Å². The maximum atomic E-state index is 12.4. The van der Waals surface area contributed by atoms with Gasteiger partial charge < -0.3 is 10.2 Å². The van der Waals surface area contributed by atoms with Crippen molar-refractivity contribution in [3.05, 3.63) is 12.7 Å². The molecule has 24 heavy (non-hydrogen) atoms. The van der Waals surface area contributed by atoms with Crippen LogP contribution in [0.15, 0.2) is 12.7 Å². The summed E-state index contributed by atoms with van der Waals surface area (Å²) in [6.45, 7) is 4.64. The van der Waals surface area contributed by atoms with E-state index in [2.05, 4.69) is 25.2 Å². The fourth-order valence-electron chi connectivity index (χ4n) is 4.16. The summed E-state index contributed by atoms with van der Waals surface area (Å²) in [5, 5.41) is 7.45. The molecule has 1 saturated carbocycles. The number of piperidine rings is 1. The topological polar surface area (TPSA) is 66.3 Å². The average molecular weight is 332 g/mol. The molecular formula is C17H28N6O. The van der Waals surface area contributed by atoms with Gasteiger partial charge in [0.05, 0.1) is 13.1 Å². The van der Waals surface area contributed by atoms with Gasteiger partial charge in [0.25, 0.3) is 0 Å². The number of carbonyl (C=O) groups is 1. The summed E-state index contributed by atoms with van der Waals surface area (Å²) in [5.74, 6) is 0.186. The molecule has 0 radical (unpaired) electrons. The van der Waals surface area contributed by atoms with Gasteiger partial charge in [-0.2, -0.15) is 5.10 Å². The zero-order valence-corrected chi connectivity index (χ0v) is 14.3. The van der Waals surface area contributed by atoms with E-state index in [1.807, 2.05) is 4.68 Å². The monoisotopic (exact) mass is 332 g/mol. The number of rotatable bonds is 6. The van der Waals surface area contributed by atoms with E-state index in [0.29, 0.717) is 18.6 Å². The molecule has 3 aliphatic rings. The molecule has 3 heterocycles. The van der Waals surface area contributed by atoms with Crippen molar-refractivity contribution in [2.24, 2.45) is 0 Å². The number of aromatic nitrogens is 3. The lowest BCUT2D eigenvalue weighted by Crippen LogP contribution is -2.48. The number of amides is 1. The molecule has 2 aliphatic heterocycles. The second kappa shape index (κ2) is 7.19. The van der Waals surface area contributed by atoms with Crippen LogP contribution < -0.4 is 5.32 Å². The quantitative estimate of drug-likeness (QED) is 0.821. The maximum Gasteiger partial charge on any atom is 0.234 e. The lowest BCUT2D eigenvalue weighted by molar-refractivity contribution is -0.123. The molecule has 132 valence electrons. The Kier molecular flexibility index (Phi) is 4.80. The molecule has 0 bridgehead atoms. The summed E-state index contributed by atoms with van der Waals surface area (Å²) in [5.41, 5.74) is 0. The first-order chi connectivity index (χ1) is 11.8. The number of nitrogens with zero attached hydrogens (tertiary/aromatic N) is 5. The smallest absolute Gasteiger partial charge is 0.234 e. The Morgan fingerprint density at radius 3 is 2.67 bits per heavy atom. The Balaban J connectivity index is 1.22. The van der Waals surface area contributed by atoms with E-state index in [9.17, 15) is 4.79 Å². The number of hydrogen-bond acceptors (Lipinski definition) is 5. The van der Waals surface area contributed by atoms with Crippen LogP contribution in [0.5, 0.6) is 0 Å². The Labute approximate surface area is 143 Å². The third-order valence-corrected chi connectivity index (χ3v) is 5.67. The van der Waals surface area contributed by atoms with E-state index in [-0.39, 0.29) is 5.91 Å². The first-order valence-corrected chi connectivity index (χ1v) is 9.38. The van der Waals surface area contributed by atoms with Crippen LogP contribution in [0.25, 0.3) is 0 Å². The van der Waals surface area contributed by atoms with Gasteiger partial charge in [-0.25, -0.2) is 4.98 Å². The second-order valence-electron chi connectivity index (χ2n) is 7.49. The van der Waals surface area contributed by atoms with Crippen molar-refractivity contribution in [3.63, 3.8) is 0 Å². The number of nitrogens with one attached hydrogen (secondary N) is 1. The molecule has 0 spiro atoms. The van der Waals surface area contributed by atoms with Crippen LogP contribution in [0, 0.1) is 0 Å². The molecule has 3 fully saturated rings. The highest BCUT2D eigenvalue weighted by Crippen LogP contribution is 2.29. The van der Waals surface area contributed by atoms with Gasteiger partial charge in [0.1, 0.15) is 12.7 Å². The van der Waals surface area contributed by atoms with Gasteiger partial charge in [-0.3, -0.25) is 14.4 Å². The fourth-order valence-corrected chi connectivity index (χ4v) is 4.16. The first-order valence-electron chi connectivity index (χ1n) is 9.38. The molecule has 0 aromatic carbocycles. The Hall–Kier alpha value is -1.47. The van der Waals surface area contributed by atoms with Crippen molar-refractivity contribution in [1.82, 2.24) is 29.9 Å². The summed E-state index contributed by atoms with van der Waals surface area (Å²) in [6, 6.07) is 1.61. The molecule has 1 aromatic rings. The maximum absolute atomic E-state index is 12.4. The van der Waals surface area contributed by atoms with Crippen LogP contribution in [-0.2, 0) is 11.3 Å². The summed E-state index contributed by atoms with van der Waals surface area (Å²) < 4.78 is 1.87. The minimum Gasteiger partial charge on any atom is -0.352 e. The third kappa shape index (κ3) is 3.95. The highest BCUT2D eigenvalue weighted by molar-refractivity contribution is 5.78.